The molecule has 7 nitrogen and oxygen atoms in total. The molecule has 4 aromatic rings. The number of benzene rings is 4. The van der Waals surface area contributed by atoms with Gasteiger partial charge in [0.05, 0.1) is 30.3 Å². The molecule has 1 aliphatic heterocycles. The first-order chi connectivity index (χ1) is 19.0. The van der Waals surface area contributed by atoms with E-state index in [9.17, 15) is 13.2 Å². The van der Waals surface area contributed by atoms with Gasteiger partial charge in [-0.05, 0) is 59.7 Å². The van der Waals surface area contributed by atoms with Gasteiger partial charge >= 0.3 is 0 Å². The fourth-order valence-electron chi connectivity index (χ4n) is 4.49. The minimum absolute atomic E-state index is 0.138. The molecule has 0 aliphatic carbocycles. The van der Waals surface area contributed by atoms with Crippen LogP contribution in [0.1, 0.15) is 21.5 Å². The number of carbonyl (C=O) groups is 1. The number of ether oxygens (including phenoxy) is 1. The zero-order valence-electron chi connectivity index (χ0n) is 21.6. The summed E-state index contributed by atoms with van der Waals surface area (Å²) in [6, 6.07) is 32.7. The van der Waals surface area contributed by atoms with Crippen molar-refractivity contribution < 1.29 is 17.9 Å². The van der Waals surface area contributed by atoms with E-state index >= 15 is 0 Å². The molecule has 1 fully saturated rings. The fraction of sp³-hybridized carbons (Fsp3) is 0.194. The summed E-state index contributed by atoms with van der Waals surface area (Å²) in [4.78, 5) is 15.3. The van der Waals surface area contributed by atoms with Crippen LogP contribution in [0.2, 0.25) is 0 Å². The second kappa shape index (κ2) is 12.1. The van der Waals surface area contributed by atoms with E-state index in [2.05, 4.69) is 22.3 Å². The predicted molar refractivity (Wildman–Crippen MR) is 153 cm³/mol. The maximum atomic E-state index is 13.5. The number of carbonyl (C=O) groups excluding carboxylic acids is 1. The Bertz CT molecular complexity index is 1470. The predicted octanol–water partition coefficient (Wildman–Crippen LogP) is 4.85. The van der Waals surface area contributed by atoms with Crippen LogP contribution in [0.3, 0.4) is 0 Å². The number of morpholine rings is 1. The zero-order chi connectivity index (χ0) is 27.1. The Morgan fingerprint density at radius 1 is 0.769 bits per heavy atom. The average Bonchev–Trinajstić information content (AvgIpc) is 3.00. The van der Waals surface area contributed by atoms with E-state index in [1.165, 1.54) is 4.31 Å². The minimum atomic E-state index is -3.78. The van der Waals surface area contributed by atoms with Crippen molar-refractivity contribution in [2.24, 2.45) is 0 Å². The van der Waals surface area contributed by atoms with Crippen LogP contribution in [0.5, 0.6) is 0 Å². The lowest BCUT2D eigenvalue weighted by Gasteiger charge is -2.28. The highest BCUT2D eigenvalue weighted by Crippen LogP contribution is 2.26. The number of amides is 1. The topological polar surface area (TPSA) is 79.0 Å². The summed E-state index contributed by atoms with van der Waals surface area (Å²) in [6.07, 6.45) is 0. The van der Waals surface area contributed by atoms with Crippen LogP contribution in [0.25, 0.3) is 0 Å². The number of hydrogen-bond acceptors (Lipinski definition) is 5. The van der Waals surface area contributed by atoms with Crippen LogP contribution in [-0.4, -0.2) is 40.6 Å². The number of sulfonamides is 1. The lowest BCUT2D eigenvalue weighted by molar-refractivity contribution is 0.0951. The first kappa shape index (κ1) is 26.5. The summed E-state index contributed by atoms with van der Waals surface area (Å²) >= 11 is 0. The zero-order valence-corrected chi connectivity index (χ0v) is 22.4. The molecule has 5 rings (SSSR count). The highest BCUT2D eigenvalue weighted by atomic mass is 32.2. The van der Waals surface area contributed by atoms with Crippen molar-refractivity contribution in [3.8, 4) is 0 Å². The smallest absolute Gasteiger partial charge is 0.264 e. The van der Waals surface area contributed by atoms with E-state index in [1.807, 2.05) is 30.3 Å². The molecule has 1 N–H and O–H groups in total. The van der Waals surface area contributed by atoms with Crippen molar-refractivity contribution in [1.29, 1.82) is 0 Å². The highest BCUT2D eigenvalue weighted by molar-refractivity contribution is 7.92. The first-order valence-corrected chi connectivity index (χ1v) is 14.4. The van der Waals surface area contributed by atoms with Crippen LogP contribution in [-0.2, 0) is 27.8 Å². The second-order valence-corrected chi connectivity index (χ2v) is 11.2. The lowest BCUT2D eigenvalue weighted by atomic mass is 10.1. The minimum Gasteiger partial charge on any atom is -0.378 e. The first-order valence-electron chi connectivity index (χ1n) is 12.9. The van der Waals surface area contributed by atoms with Crippen molar-refractivity contribution in [3.63, 3.8) is 0 Å². The van der Waals surface area contributed by atoms with E-state index in [-0.39, 0.29) is 17.3 Å². The molecule has 8 heteroatoms. The van der Waals surface area contributed by atoms with Crippen molar-refractivity contribution in [2.75, 3.05) is 35.5 Å². The van der Waals surface area contributed by atoms with Gasteiger partial charge in [0.15, 0.2) is 0 Å². The Labute approximate surface area is 229 Å². The number of anilines is 2. The molecule has 1 aliphatic rings. The molecular weight excluding hydrogens is 510 g/mol. The van der Waals surface area contributed by atoms with Gasteiger partial charge in [-0.15, -0.1) is 0 Å². The summed E-state index contributed by atoms with van der Waals surface area (Å²) < 4.78 is 33.8. The fourth-order valence-corrected chi connectivity index (χ4v) is 5.96. The molecule has 200 valence electrons. The van der Waals surface area contributed by atoms with Gasteiger partial charge in [0, 0.05) is 30.9 Å². The van der Waals surface area contributed by atoms with Gasteiger partial charge in [-0.25, -0.2) is 8.42 Å². The molecule has 0 atom stereocenters. The molecule has 39 heavy (non-hydrogen) atoms. The second-order valence-electron chi connectivity index (χ2n) is 9.31. The van der Waals surface area contributed by atoms with Gasteiger partial charge in [-0.2, -0.15) is 0 Å². The monoisotopic (exact) mass is 541 g/mol. The number of nitrogens with one attached hydrogen (secondary N) is 1. The normalized spacial score (nSPS) is 13.6. The summed E-state index contributed by atoms with van der Waals surface area (Å²) in [5.41, 5.74) is 4.03. The number of nitrogens with zero attached hydrogens (tertiary/aromatic N) is 2. The highest BCUT2D eigenvalue weighted by Gasteiger charge is 2.25. The number of rotatable bonds is 9. The van der Waals surface area contributed by atoms with Crippen molar-refractivity contribution in [3.05, 3.63) is 126 Å². The third-order valence-corrected chi connectivity index (χ3v) is 8.47. The summed E-state index contributed by atoms with van der Waals surface area (Å²) in [5.74, 6) is -0.185. The molecule has 0 radical (unpaired) electrons. The van der Waals surface area contributed by atoms with E-state index in [0.717, 1.165) is 43.1 Å². The van der Waals surface area contributed by atoms with Gasteiger partial charge in [-0.3, -0.25) is 9.10 Å². The molecule has 1 saturated heterocycles. The molecule has 4 aromatic carbocycles. The van der Waals surface area contributed by atoms with Crippen LogP contribution in [0.4, 0.5) is 11.4 Å². The van der Waals surface area contributed by atoms with Crippen molar-refractivity contribution in [2.45, 2.75) is 18.0 Å². The van der Waals surface area contributed by atoms with Crippen LogP contribution in [0, 0.1) is 0 Å². The SMILES string of the molecule is O=C(NCc1ccc(N2CCOCC2)cc1)c1ccc(CN(c2ccccc2)S(=O)(=O)c2ccccc2)cc1. The number of hydrogen-bond donors (Lipinski definition) is 1. The molecule has 0 aromatic heterocycles. The molecule has 0 spiro atoms. The molecule has 0 unspecified atom stereocenters. The maximum absolute atomic E-state index is 13.5. The Hall–Kier alpha value is -4.14. The largest absolute Gasteiger partial charge is 0.378 e. The lowest BCUT2D eigenvalue weighted by Crippen LogP contribution is -2.36. The van der Waals surface area contributed by atoms with Gasteiger partial charge in [-0.1, -0.05) is 60.7 Å². The van der Waals surface area contributed by atoms with E-state index in [4.69, 9.17) is 4.74 Å². The quantitative estimate of drug-likeness (QED) is 0.328. The third kappa shape index (κ3) is 6.47. The Morgan fingerprint density at radius 2 is 1.36 bits per heavy atom. The van der Waals surface area contributed by atoms with Crippen molar-refractivity contribution in [1.82, 2.24) is 5.32 Å². The third-order valence-electron chi connectivity index (χ3n) is 6.68. The Morgan fingerprint density at radius 3 is 2.00 bits per heavy atom. The van der Waals surface area contributed by atoms with Gasteiger partial charge in [0.1, 0.15) is 0 Å². The summed E-state index contributed by atoms with van der Waals surface area (Å²) in [5, 5.41) is 2.97. The van der Waals surface area contributed by atoms with Crippen LogP contribution < -0.4 is 14.5 Å². The van der Waals surface area contributed by atoms with Crippen LogP contribution in [0.15, 0.2) is 114 Å². The molecule has 0 bridgehead atoms. The molecule has 1 heterocycles. The summed E-state index contributed by atoms with van der Waals surface area (Å²) in [7, 11) is -3.78. The van der Waals surface area contributed by atoms with Gasteiger partial charge in [0.25, 0.3) is 15.9 Å². The van der Waals surface area contributed by atoms with E-state index < -0.39 is 10.0 Å². The Balaban J connectivity index is 1.24. The summed E-state index contributed by atoms with van der Waals surface area (Å²) in [6.45, 7) is 3.80. The molecular formula is C31H31N3O4S. The molecule has 0 saturated carbocycles. The Kier molecular flexibility index (Phi) is 8.24. The van der Waals surface area contributed by atoms with Crippen molar-refractivity contribution >= 4 is 27.3 Å². The van der Waals surface area contributed by atoms with E-state index in [1.54, 1.807) is 66.7 Å². The van der Waals surface area contributed by atoms with E-state index in [0.29, 0.717) is 17.8 Å². The van der Waals surface area contributed by atoms with Crippen LogP contribution >= 0.6 is 0 Å². The average molecular weight is 542 g/mol. The van der Waals surface area contributed by atoms with Gasteiger partial charge in [0.2, 0.25) is 0 Å². The number of para-hydroxylation sites is 1. The van der Waals surface area contributed by atoms with Gasteiger partial charge < -0.3 is 15.0 Å². The maximum Gasteiger partial charge on any atom is 0.264 e. The molecule has 1 amide bonds. The standard InChI is InChI=1S/C31H31N3O4S/c35-31(32-23-25-13-17-28(18-14-25)33-19-21-38-22-20-33)27-15-11-26(12-16-27)24-34(29-7-3-1-4-8-29)39(36,37)30-9-5-2-6-10-30/h1-18H,19-24H2,(H,32,35).